The van der Waals surface area contributed by atoms with Crippen molar-refractivity contribution in [3.05, 3.63) is 11.6 Å². The Hall–Kier alpha value is -1.25. The van der Waals surface area contributed by atoms with Gasteiger partial charge in [-0.2, -0.15) is 0 Å². The fourth-order valence-corrected chi connectivity index (χ4v) is 3.59. The summed E-state index contributed by atoms with van der Waals surface area (Å²) in [4.78, 5) is 33.1. The van der Waals surface area contributed by atoms with Gasteiger partial charge in [0.1, 0.15) is 0 Å². The van der Waals surface area contributed by atoms with Gasteiger partial charge in [0.15, 0.2) is 0 Å². The predicted molar refractivity (Wildman–Crippen MR) is 94.8 cm³/mol. The molecule has 1 aliphatic rings. The number of ether oxygens (including phenoxy) is 1. The molecule has 0 aromatic rings. The molecule has 1 rings (SSSR count). The summed E-state index contributed by atoms with van der Waals surface area (Å²) in [5.74, 6) is -1.90. The van der Waals surface area contributed by atoms with Crippen molar-refractivity contribution in [1.29, 1.82) is 0 Å². The Morgan fingerprint density at radius 3 is 2.46 bits per heavy atom. The lowest BCUT2D eigenvalue weighted by atomic mass is 9.81. The molecule has 150 valence electrons. The van der Waals surface area contributed by atoms with Gasteiger partial charge in [0.05, 0.1) is 18.8 Å². The third-order valence-corrected chi connectivity index (χ3v) is 5.22. The molecule has 0 spiro atoms. The monoisotopic (exact) mass is 392 g/mol. The van der Waals surface area contributed by atoms with E-state index in [1.807, 2.05) is 13.8 Å². The highest BCUT2D eigenvalue weighted by Crippen LogP contribution is 2.44. The fraction of sp³-hybridized carbons (Fsp3) is 0.750. The number of hydrogen-bond donors (Lipinski definition) is 3. The maximum absolute atomic E-state index is 12.2. The summed E-state index contributed by atoms with van der Waals surface area (Å²) in [5, 5.41) is 0. The van der Waals surface area contributed by atoms with Crippen LogP contribution in [0.4, 0.5) is 0 Å². The van der Waals surface area contributed by atoms with E-state index in [1.54, 1.807) is 0 Å². The molecular formula is C16H29N2O7P. The summed E-state index contributed by atoms with van der Waals surface area (Å²) in [6.45, 7) is 5.34. The molecule has 9 nitrogen and oxygen atoms in total. The van der Waals surface area contributed by atoms with Gasteiger partial charge in [-0.05, 0) is 32.3 Å². The maximum atomic E-state index is 12.2. The van der Waals surface area contributed by atoms with Gasteiger partial charge in [0.2, 0.25) is 5.91 Å². The lowest BCUT2D eigenvalue weighted by molar-refractivity contribution is -0.132. The minimum atomic E-state index is -4.48. The largest absolute Gasteiger partial charge is 0.529 e. The zero-order valence-corrected chi connectivity index (χ0v) is 16.3. The summed E-state index contributed by atoms with van der Waals surface area (Å²) in [7, 11) is -4.48. The van der Waals surface area contributed by atoms with Gasteiger partial charge in [-0.25, -0.2) is 9.36 Å². The van der Waals surface area contributed by atoms with E-state index >= 15 is 0 Å². The molecule has 1 unspecified atom stereocenters. The summed E-state index contributed by atoms with van der Waals surface area (Å²) in [6.07, 6.45) is 2.38. The Morgan fingerprint density at radius 2 is 1.96 bits per heavy atom. The van der Waals surface area contributed by atoms with Gasteiger partial charge in [-0.1, -0.05) is 13.8 Å². The average Bonchev–Trinajstić information content (AvgIpc) is 2.54. The van der Waals surface area contributed by atoms with E-state index in [4.69, 9.17) is 16.2 Å². The first kappa shape index (κ1) is 22.8. The molecular weight excluding hydrogens is 363 g/mol. The molecule has 0 aliphatic heterocycles. The van der Waals surface area contributed by atoms with Gasteiger partial charge in [-0.3, -0.25) is 14.2 Å². The molecule has 0 radical (unpaired) electrons. The van der Waals surface area contributed by atoms with Crippen molar-refractivity contribution in [1.82, 2.24) is 0 Å². The Labute approximate surface area is 153 Å². The normalized spacial score (nSPS) is 25.5. The number of amides is 1. The van der Waals surface area contributed by atoms with Crippen LogP contribution in [0.15, 0.2) is 11.6 Å². The van der Waals surface area contributed by atoms with Crippen LogP contribution >= 0.6 is 7.82 Å². The maximum Gasteiger partial charge on any atom is 0.529 e. The zero-order chi connectivity index (χ0) is 19.9. The van der Waals surface area contributed by atoms with Crippen LogP contribution in [-0.4, -0.2) is 41.6 Å². The van der Waals surface area contributed by atoms with Crippen molar-refractivity contribution in [2.24, 2.45) is 17.4 Å². The Kier molecular flexibility index (Phi) is 8.92. The van der Waals surface area contributed by atoms with Gasteiger partial charge in [-0.15, -0.1) is 0 Å². The van der Waals surface area contributed by atoms with Gasteiger partial charge in [0, 0.05) is 24.0 Å². The van der Waals surface area contributed by atoms with Crippen LogP contribution in [0.2, 0.25) is 0 Å². The molecule has 10 heteroatoms. The Bertz CT molecular complexity index is 577. The van der Waals surface area contributed by atoms with Gasteiger partial charge in [0.25, 0.3) is 0 Å². The molecule has 0 fully saturated rings. The van der Waals surface area contributed by atoms with Crippen molar-refractivity contribution in [3.63, 3.8) is 0 Å². The second-order valence-corrected chi connectivity index (χ2v) is 7.58. The van der Waals surface area contributed by atoms with Crippen LogP contribution in [0, 0.1) is 5.92 Å². The van der Waals surface area contributed by atoms with E-state index in [1.165, 1.54) is 13.0 Å². The van der Waals surface area contributed by atoms with Crippen molar-refractivity contribution in [2.75, 3.05) is 6.61 Å². The Morgan fingerprint density at radius 1 is 1.35 bits per heavy atom. The molecule has 5 N–H and O–H groups in total. The predicted octanol–water partition coefficient (Wildman–Crippen LogP) is 1.39. The highest BCUT2D eigenvalue weighted by atomic mass is 31.2. The molecule has 1 aliphatic carbocycles. The minimum Gasteiger partial charge on any atom is -0.371 e. The second kappa shape index (κ2) is 10.2. The number of hydrogen-bond acceptors (Lipinski definition) is 7. The van der Waals surface area contributed by atoms with E-state index in [2.05, 4.69) is 9.05 Å². The second-order valence-electron chi connectivity index (χ2n) is 6.20. The molecule has 0 saturated carbocycles. The van der Waals surface area contributed by atoms with Crippen molar-refractivity contribution in [2.45, 2.75) is 64.7 Å². The van der Waals surface area contributed by atoms with Crippen molar-refractivity contribution < 1.29 is 32.8 Å². The lowest BCUT2D eigenvalue weighted by Gasteiger charge is -2.36. The van der Waals surface area contributed by atoms with Crippen molar-refractivity contribution in [3.8, 4) is 0 Å². The van der Waals surface area contributed by atoms with Crippen LogP contribution in [0.1, 0.15) is 46.5 Å². The van der Waals surface area contributed by atoms with Crippen LogP contribution < -0.4 is 11.5 Å². The van der Waals surface area contributed by atoms with Crippen LogP contribution in [0.3, 0.4) is 0 Å². The summed E-state index contributed by atoms with van der Waals surface area (Å²) in [6, 6.07) is -0.584. The van der Waals surface area contributed by atoms with Gasteiger partial charge < -0.3 is 20.7 Å². The molecule has 0 bridgehead atoms. The first-order valence-corrected chi connectivity index (χ1v) is 10.2. The van der Waals surface area contributed by atoms with E-state index < -0.39 is 37.8 Å². The number of phosphoric acid groups is 1. The van der Waals surface area contributed by atoms with Crippen LogP contribution in [0.25, 0.3) is 0 Å². The van der Waals surface area contributed by atoms with E-state index in [-0.39, 0.29) is 31.1 Å². The van der Waals surface area contributed by atoms with Gasteiger partial charge >= 0.3 is 13.8 Å². The fourth-order valence-electron chi connectivity index (χ4n) is 2.89. The summed E-state index contributed by atoms with van der Waals surface area (Å²) >= 11 is 0. The number of nitrogens with two attached hydrogens (primary N) is 2. The lowest BCUT2D eigenvalue weighted by Crippen LogP contribution is -2.45. The van der Waals surface area contributed by atoms with E-state index in [0.717, 1.165) is 12.8 Å². The molecule has 0 aromatic heterocycles. The van der Waals surface area contributed by atoms with Crippen molar-refractivity contribution >= 4 is 19.7 Å². The number of rotatable bonds is 10. The molecule has 1 amide bonds. The molecule has 4 atom stereocenters. The van der Waals surface area contributed by atoms with Crippen LogP contribution in [0.5, 0.6) is 0 Å². The average molecular weight is 392 g/mol. The number of primary amides is 1. The quantitative estimate of drug-likeness (QED) is 0.472. The Balaban J connectivity index is 3.04. The minimum absolute atomic E-state index is 0.0161. The van der Waals surface area contributed by atoms with E-state index in [0.29, 0.717) is 0 Å². The molecule has 0 aromatic carbocycles. The third kappa shape index (κ3) is 6.81. The molecule has 0 saturated heterocycles. The first-order valence-electron chi connectivity index (χ1n) is 8.74. The van der Waals surface area contributed by atoms with Crippen LogP contribution in [-0.2, 0) is 27.9 Å². The first-order chi connectivity index (χ1) is 12.1. The standard InChI is InChI=1S/C16H29N2O7P/c1-4-11(5-2)24-14-8-10(7-13(17)12(14)9-15(18)19)16(20)25-26(21,22)23-6-3/h8,11-14H,4-7,9,17H2,1-3H3,(H2,18,19)(H,21,22)/t12-,13+,14-/m1/s1. The summed E-state index contributed by atoms with van der Waals surface area (Å²) in [5.41, 5.74) is 11.5. The third-order valence-electron chi connectivity index (χ3n) is 4.24. The highest BCUT2D eigenvalue weighted by molar-refractivity contribution is 7.48. The van der Waals surface area contributed by atoms with E-state index in [9.17, 15) is 19.0 Å². The topological polar surface area (TPSA) is 151 Å². The molecule has 26 heavy (non-hydrogen) atoms. The zero-order valence-electron chi connectivity index (χ0n) is 15.4. The number of carbonyl (C=O) groups excluding carboxylic acids is 2. The highest BCUT2D eigenvalue weighted by Gasteiger charge is 2.38. The smallest absolute Gasteiger partial charge is 0.371 e. The number of carbonyl (C=O) groups is 2. The summed E-state index contributed by atoms with van der Waals surface area (Å²) < 4.78 is 26.7. The number of phosphoric ester groups is 1. The molecule has 0 heterocycles. The SMILES string of the molecule is CCOP(=O)(O)OC(=O)C1=C[C@@H](OC(CC)CC)[C@H](CC(N)=O)[C@@H](N)C1.